The standard InChI is InChI=1S/C11H17N3OS/c1-16-7-9-3-2-4-14(6-9)11(15)10-5-12-8-13-10/h5,8-9H,2-4,6-7H2,1H3,(H,12,13)/t9-/m0/s1. The fourth-order valence-electron chi connectivity index (χ4n) is 2.16. The van der Waals surface area contributed by atoms with Crippen LogP contribution in [0.25, 0.3) is 0 Å². The minimum absolute atomic E-state index is 0.0864. The molecule has 0 spiro atoms. The monoisotopic (exact) mass is 239 g/mol. The Balaban J connectivity index is 1.96. The van der Waals surface area contributed by atoms with Gasteiger partial charge in [0.15, 0.2) is 0 Å². The van der Waals surface area contributed by atoms with E-state index in [1.807, 2.05) is 16.7 Å². The maximum absolute atomic E-state index is 12.1. The number of rotatable bonds is 3. The van der Waals surface area contributed by atoms with Gasteiger partial charge in [-0.15, -0.1) is 0 Å². The van der Waals surface area contributed by atoms with E-state index in [0.717, 1.165) is 25.3 Å². The van der Waals surface area contributed by atoms with Crippen molar-refractivity contribution >= 4 is 17.7 Å². The summed E-state index contributed by atoms with van der Waals surface area (Å²) in [7, 11) is 0. The Hall–Kier alpha value is -0.970. The highest BCUT2D eigenvalue weighted by atomic mass is 32.2. The molecule has 0 bridgehead atoms. The molecule has 1 amide bonds. The first-order valence-corrected chi connectivity index (χ1v) is 6.97. The van der Waals surface area contributed by atoms with Crippen LogP contribution in [0.2, 0.25) is 0 Å². The van der Waals surface area contributed by atoms with Crippen LogP contribution in [0.1, 0.15) is 23.3 Å². The Bertz CT molecular complexity index is 337. The number of imidazole rings is 1. The molecule has 0 saturated carbocycles. The Morgan fingerprint density at radius 2 is 2.62 bits per heavy atom. The van der Waals surface area contributed by atoms with E-state index in [4.69, 9.17) is 0 Å². The number of nitrogens with zero attached hydrogens (tertiary/aromatic N) is 2. The molecule has 4 nitrogen and oxygen atoms in total. The van der Waals surface area contributed by atoms with E-state index in [2.05, 4.69) is 16.2 Å². The first-order chi connectivity index (χ1) is 7.81. The van der Waals surface area contributed by atoms with Gasteiger partial charge < -0.3 is 9.88 Å². The number of likely N-dealkylation sites (tertiary alicyclic amines) is 1. The van der Waals surface area contributed by atoms with E-state index >= 15 is 0 Å². The molecule has 1 fully saturated rings. The van der Waals surface area contributed by atoms with Crippen LogP contribution in [0.5, 0.6) is 0 Å². The number of hydrogen-bond donors (Lipinski definition) is 1. The summed E-state index contributed by atoms with van der Waals surface area (Å²) in [6.07, 6.45) is 7.63. The van der Waals surface area contributed by atoms with E-state index in [1.165, 1.54) is 6.42 Å². The zero-order valence-electron chi connectivity index (χ0n) is 9.48. The number of nitrogens with one attached hydrogen (secondary N) is 1. The van der Waals surface area contributed by atoms with Gasteiger partial charge in [-0.3, -0.25) is 4.79 Å². The van der Waals surface area contributed by atoms with Crippen LogP contribution in [0.4, 0.5) is 0 Å². The van der Waals surface area contributed by atoms with Gasteiger partial charge in [-0.2, -0.15) is 11.8 Å². The quantitative estimate of drug-likeness (QED) is 0.872. The second-order valence-electron chi connectivity index (χ2n) is 4.18. The predicted molar refractivity (Wildman–Crippen MR) is 65.6 cm³/mol. The number of hydrogen-bond acceptors (Lipinski definition) is 3. The van der Waals surface area contributed by atoms with Gasteiger partial charge in [0.2, 0.25) is 0 Å². The van der Waals surface area contributed by atoms with Gasteiger partial charge in [-0.1, -0.05) is 0 Å². The Kier molecular flexibility index (Phi) is 3.88. The van der Waals surface area contributed by atoms with Gasteiger partial charge in [0.25, 0.3) is 5.91 Å². The average molecular weight is 239 g/mol. The lowest BCUT2D eigenvalue weighted by molar-refractivity contribution is 0.0680. The minimum atomic E-state index is 0.0864. The van der Waals surface area contributed by atoms with Crippen molar-refractivity contribution < 1.29 is 4.79 Å². The van der Waals surface area contributed by atoms with Gasteiger partial charge >= 0.3 is 0 Å². The third-order valence-corrected chi connectivity index (χ3v) is 3.74. The molecule has 0 aromatic carbocycles. The molecule has 0 unspecified atom stereocenters. The lowest BCUT2D eigenvalue weighted by atomic mass is 10.00. The van der Waals surface area contributed by atoms with E-state index in [1.54, 1.807) is 12.5 Å². The van der Waals surface area contributed by atoms with E-state index < -0.39 is 0 Å². The molecule has 1 aliphatic heterocycles. The molecule has 1 aromatic rings. The van der Waals surface area contributed by atoms with E-state index in [9.17, 15) is 4.79 Å². The third-order valence-electron chi connectivity index (χ3n) is 2.94. The second kappa shape index (κ2) is 5.39. The lowest BCUT2D eigenvalue weighted by Gasteiger charge is -2.32. The fourth-order valence-corrected chi connectivity index (χ4v) is 2.91. The number of amides is 1. The number of H-pyrrole nitrogens is 1. The summed E-state index contributed by atoms with van der Waals surface area (Å²) in [6, 6.07) is 0. The highest BCUT2D eigenvalue weighted by molar-refractivity contribution is 7.98. The van der Waals surface area contributed by atoms with Crippen molar-refractivity contribution in [3.8, 4) is 0 Å². The van der Waals surface area contributed by atoms with Gasteiger partial charge in [-0.25, -0.2) is 4.98 Å². The fraction of sp³-hybridized carbons (Fsp3) is 0.636. The van der Waals surface area contributed by atoms with Crippen LogP contribution in [0.15, 0.2) is 12.5 Å². The molecule has 1 N–H and O–H groups in total. The largest absolute Gasteiger partial charge is 0.341 e. The molecular weight excluding hydrogens is 222 g/mol. The summed E-state index contributed by atoms with van der Waals surface area (Å²) in [5.41, 5.74) is 0.602. The second-order valence-corrected chi connectivity index (χ2v) is 5.09. The summed E-state index contributed by atoms with van der Waals surface area (Å²) in [5.74, 6) is 1.88. The van der Waals surface area contributed by atoms with Gasteiger partial charge in [0, 0.05) is 13.1 Å². The molecule has 88 valence electrons. The zero-order chi connectivity index (χ0) is 11.4. The van der Waals surface area contributed by atoms with Crippen molar-refractivity contribution in [3.63, 3.8) is 0 Å². The van der Waals surface area contributed by atoms with Crippen LogP contribution in [0.3, 0.4) is 0 Å². The highest BCUT2D eigenvalue weighted by Crippen LogP contribution is 2.20. The number of carbonyl (C=O) groups is 1. The van der Waals surface area contributed by atoms with Crippen molar-refractivity contribution in [3.05, 3.63) is 18.2 Å². The molecule has 1 atom stereocenters. The highest BCUT2D eigenvalue weighted by Gasteiger charge is 2.24. The Morgan fingerprint density at radius 3 is 3.31 bits per heavy atom. The van der Waals surface area contributed by atoms with Crippen LogP contribution in [0, 0.1) is 5.92 Å². The average Bonchev–Trinajstić information content (AvgIpc) is 2.82. The first kappa shape index (κ1) is 11.5. The molecule has 5 heteroatoms. The maximum Gasteiger partial charge on any atom is 0.271 e. The van der Waals surface area contributed by atoms with Crippen molar-refractivity contribution in [2.45, 2.75) is 12.8 Å². The van der Waals surface area contributed by atoms with Gasteiger partial charge in [-0.05, 0) is 30.8 Å². The van der Waals surface area contributed by atoms with Crippen LogP contribution in [-0.2, 0) is 0 Å². The molecule has 2 heterocycles. The van der Waals surface area contributed by atoms with E-state index in [-0.39, 0.29) is 5.91 Å². The van der Waals surface area contributed by atoms with Gasteiger partial charge in [0.1, 0.15) is 5.69 Å². The summed E-state index contributed by atoms with van der Waals surface area (Å²) in [4.78, 5) is 20.8. The van der Waals surface area contributed by atoms with Crippen molar-refractivity contribution in [2.75, 3.05) is 25.1 Å². The Morgan fingerprint density at radius 1 is 1.75 bits per heavy atom. The molecule has 2 rings (SSSR count). The summed E-state index contributed by atoms with van der Waals surface area (Å²) in [6.45, 7) is 1.77. The van der Waals surface area contributed by atoms with Gasteiger partial charge in [0.05, 0.1) is 12.5 Å². The molecule has 16 heavy (non-hydrogen) atoms. The molecule has 0 radical (unpaired) electrons. The van der Waals surface area contributed by atoms with Crippen molar-refractivity contribution in [2.24, 2.45) is 5.92 Å². The number of aromatic nitrogens is 2. The smallest absolute Gasteiger partial charge is 0.271 e. The maximum atomic E-state index is 12.1. The molecular formula is C11H17N3OS. The summed E-state index contributed by atoms with van der Waals surface area (Å²) in [5, 5.41) is 0. The molecule has 1 aromatic heterocycles. The lowest BCUT2D eigenvalue weighted by Crippen LogP contribution is -2.40. The third kappa shape index (κ3) is 2.58. The first-order valence-electron chi connectivity index (χ1n) is 5.58. The SMILES string of the molecule is CSC[C@H]1CCCN(C(=O)c2cnc[nH]2)C1. The topological polar surface area (TPSA) is 49.0 Å². The normalized spacial score (nSPS) is 21.1. The Labute approximate surface area is 99.8 Å². The van der Waals surface area contributed by atoms with Crippen LogP contribution in [-0.4, -0.2) is 45.9 Å². The summed E-state index contributed by atoms with van der Waals surface area (Å²) >= 11 is 1.86. The van der Waals surface area contributed by atoms with Crippen LogP contribution < -0.4 is 0 Å². The van der Waals surface area contributed by atoms with Crippen LogP contribution >= 0.6 is 11.8 Å². The van der Waals surface area contributed by atoms with E-state index in [0.29, 0.717) is 11.6 Å². The van der Waals surface area contributed by atoms with Crippen molar-refractivity contribution in [1.29, 1.82) is 0 Å². The number of piperidine rings is 1. The number of aromatic amines is 1. The van der Waals surface area contributed by atoms with Crippen molar-refractivity contribution in [1.82, 2.24) is 14.9 Å². The zero-order valence-corrected chi connectivity index (χ0v) is 10.3. The molecule has 0 aliphatic carbocycles. The minimum Gasteiger partial charge on any atom is -0.341 e. The number of carbonyl (C=O) groups excluding carboxylic acids is 1. The molecule has 1 aliphatic rings. The predicted octanol–water partition coefficient (Wildman–Crippen LogP) is 1.62. The summed E-state index contributed by atoms with van der Waals surface area (Å²) < 4.78 is 0. The number of thioether (sulfide) groups is 1. The molecule has 1 saturated heterocycles.